The highest BCUT2D eigenvalue weighted by molar-refractivity contribution is 7.89. The molecule has 0 atom stereocenters. The maximum Gasteiger partial charge on any atom is 0.387 e. The van der Waals surface area contributed by atoms with E-state index in [1.165, 1.54) is 36.7 Å². The van der Waals surface area contributed by atoms with Gasteiger partial charge in [-0.05, 0) is 35.9 Å². The summed E-state index contributed by atoms with van der Waals surface area (Å²) in [5, 5.41) is 2.65. The van der Waals surface area contributed by atoms with Gasteiger partial charge >= 0.3 is 6.61 Å². The molecule has 2 aromatic carbocycles. The molecule has 0 unspecified atom stereocenters. The first-order valence-corrected chi connectivity index (χ1v) is 11.1. The van der Waals surface area contributed by atoms with Crippen LogP contribution >= 0.6 is 0 Å². The molecule has 1 aromatic heterocycles. The van der Waals surface area contributed by atoms with Crippen molar-refractivity contribution in [2.45, 2.75) is 24.3 Å². The van der Waals surface area contributed by atoms with Gasteiger partial charge in [0.25, 0.3) is 0 Å². The predicted molar refractivity (Wildman–Crippen MR) is 115 cm³/mol. The lowest BCUT2D eigenvalue weighted by Gasteiger charge is -2.14. The van der Waals surface area contributed by atoms with Gasteiger partial charge in [0.2, 0.25) is 15.9 Å². The van der Waals surface area contributed by atoms with Crippen LogP contribution < -0.4 is 14.8 Å². The van der Waals surface area contributed by atoms with E-state index < -0.39 is 22.5 Å². The largest absolute Gasteiger partial charge is 0.435 e. The SMILES string of the molecule is O=C(CCNS(=O)(=O)c1cccnc1)Nc1ccc(OC(F)F)c(Cc2ccccc2)c1. The Hall–Kier alpha value is -3.37. The first-order valence-electron chi connectivity index (χ1n) is 9.65. The fourth-order valence-electron chi connectivity index (χ4n) is 2.93. The normalized spacial score (nSPS) is 11.3. The minimum Gasteiger partial charge on any atom is -0.435 e. The van der Waals surface area contributed by atoms with Gasteiger partial charge < -0.3 is 10.1 Å². The van der Waals surface area contributed by atoms with E-state index in [0.717, 1.165) is 5.56 Å². The van der Waals surface area contributed by atoms with E-state index in [4.69, 9.17) is 0 Å². The van der Waals surface area contributed by atoms with Gasteiger partial charge in [-0.2, -0.15) is 8.78 Å². The molecule has 10 heteroatoms. The molecule has 3 aromatic rings. The van der Waals surface area contributed by atoms with Crippen LogP contribution in [0.15, 0.2) is 78.0 Å². The monoisotopic (exact) mass is 461 g/mol. The Balaban J connectivity index is 1.63. The Morgan fingerprint density at radius 2 is 1.84 bits per heavy atom. The molecule has 0 saturated heterocycles. The smallest absolute Gasteiger partial charge is 0.387 e. The van der Waals surface area contributed by atoms with Gasteiger partial charge in [0, 0.05) is 43.0 Å². The molecule has 1 heterocycles. The molecule has 0 radical (unpaired) electrons. The van der Waals surface area contributed by atoms with Gasteiger partial charge in [-0.1, -0.05) is 30.3 Å². The summed E-state index contributed by atoms with van der Waals surface area (Å²) in [6.07, 6.45) is 2.87. The summed E-state index contributed by atoms with van der Waals surface area (Å²) < 4.78 is 56.8. The van der Waals surface area contributed by atoms with Crippen LogP contribution in [0, 0.1) is 0 Å². The third-order valence-electron chi connectivity index (χ3n) is 4.39. The van der Waals surface area contributed by atoms with E-state index in [1.54, 1.807) is 6.07 Å². The quantitative estimate of drug-likeness (QED) is 0.481. The van der Waals surface area contributed by atoms with E-state index >= 15 is 0 Å². The van der Waals surface area contributed by atoms with Crippen molar-refractivity contribution in [2.24, 2.45) is 0 Å². The summed E-state index contributed by atoms with van der Waals surface area (Å²) in [5.74, 6) is -0.418. The standard InChI is InChI=1S/C22H21F2N3O4S/c23-22(24)31-20-9-8-18(14-17(20)13-16-5-2-1-3-6-16)27-21(28)10-12-26-32(29,30)19-7-4-11-25-15-19/h1-9,11,14-15,22,26H,10,12-13H2,(H,27,28). The topological polar surface area (TPSA) is 97.4 Å². The van der Waals surface area contributed by atoms with Gasteiger partial charge in [0.1, 0.15) is 10.6 Å². The van der Waals surface area contributed by atoms with Crippen LogP contribution in [0.25, 0.3) is 0 Å². The number of amides is 1. The van der Waals surface area contributed by atoms with E-state index in [9.17, 15) is 22.0 Å². The van der Waals surface area contributed by atoms with Crippen molar-refractivity contribution in [3.63, 3.8) is 0 Å². The van der Waals surface area contributed by atoms with E-state index in [-0.39, 0.29) is 23.6 Å². The van der Waals surface area contributed by atoms with Crippen molar-refractivity contribution in [2.75, 3.05) is 11.9 Å². The molecule has 2 N–H and O–H groups in total. The first-order chi connectivity index (χ1) is 15.3. The number of hydrogen-bond donors (Lipinski definition) is 2. The van der Waals surface area contributed by atoms with Gasteiger partial charge in [-0.15, -0.1) is 0 Å². The predicted octanol–water partition coefficient (Wildman–Crippen LogP) is 3.58. The molecule has 168 valence electrons. The summed E-state index contributed by atoms with van der Waals surface area (Å²) in [6.45, 7) is -3.09. The number of pyridine rings is 1. The Kier molecular flexibility index (Phi) is 7.85. The first kappa shape index (κ1) is 23.3. The number of aromatic nitrogens is 1. The summed E-state index contributed by atoms with van der Waals surface area (Å²) in [5.41, 5.74) is 1.75. The molecule has 0 spiro atoms. The lowest BCUT2D eigenvalue weighted by Crippen LogP contribution is -2.28. The molecule has 0 aliphatic heterocycles. The lowest BCUT2D eigenvalue weighted by molar-refractivity contribution is -0.116. The Labute approximate surface area is 184 Å². The van der Waals surface area contributed by atoms with Crippen molar-refractivity contribution in [3.8, 4) is 5.75 Å². The number of sulfonamides is 1. The number of halogens is 2. The van der Waals surface area contributed by atoms with Crippen LogP contribution in [0.3, 0.4) is 0 Å². The number of alkyl halides is 2. The minimum absolute atomic E-state index is 0.000538. The lowest BCUT2D eigenvalue weighted by atomic mass is 10.0. The summed E-state index contributed by atoms with van der Waals surface area (Å²) in [7, 11) is -3.77. The number of anilines is 1. The molecule has 0 aliphatic rings. The van der Waals surface area contributed by atoms with Crippen LogP contribution in [0.4, 0.5) is 14.5 Å². The van der Waals surface area contributed by atoms with Crippen molar-refractivity contribution in [3.05, 3.63) is 84.2 Å². The average molecular weight is 461 g/mol. The number of nitrogens with zero attached hydrogens (tertiary/aromatic N) is 1. The molecule has 0 saturated carbocycles. The summed E-state index contributed by atoms with van der Waals surface area (Å²) >= 11 is 0. The second-order valence-electron chi connectivity index (χ2n) is 6.75. The molecular weight excluding hydrogens is 440 g/mol. The fourth-order valence-corrected chi connectivity index (χ4v) is 3.93. The number of hydrogen-bond acceptors (Lipinski definition) is 5. The van der Waals surface area contributed by atoms with Gasteiger partial charge in [0.15, 0.2) is 0 Å². The van der Waals surface area contributed by atoms with Crippen molar-refractivity contribution in [1.82, 2.24) is 9.71 Å². The fraction of sp³-hybridized carbons (Fsp3) is 0.182. The zero-order valence-corrected chi connectivity index (χ0v) is 17.7. The maximum absolute atomic E-state index is 12.8. The number of carbonyl (C=O) groups is 1. The van der Waals surface area contributed by atoms with Gasteiger partial charge in [-0.25, -0.2) is 13.1 Å². The number of ether oxygens (including phenoxy) is 1. The highest BCUT2D eigenvalue weighted by Crippen LogP contribution is 2.27. The molecule has 7 nitrogen and oxygen atoms in total. The molecule has 0 bridgehead atoms. The van der Waals surface area contributed by atoms with Gasteiger partial charge in [-0.3, -0.25) is 9.78 Å². The minimum atomic E-state index is -3.77. The summed E-state index contributed by atoms with van der Waals surface area (Å²) in [6, 6.07) is 16.5. The number of rotatable bonds is 10. The van der Waals surface area contributed by atoms with E-state index in [1.807, 2.05) is 30.3 Å². The number of benzene rings is 2. The maximum atomic E-state index is 12.8. The van der Waals surface area contributed by atoms with E-state index in [0.29, 0.717) is 17.7 Å². The van der Waals surface area contributed by atoms with Gasteiger partial charge in [0.05, 0.1) is 0 Å². The Bertz CT molecular complexity index is 1140. The van der Waals surface area contributed by atoms with Crippen molar-refractivity contribution in [1.29, 1.82) is 0 Å². The number of carbonyl (C=O) groups excluding carboxylic acids is 1. The molecule has 0 aliphatic carbocycles. The van der Waals surface area contributed by atoms with Crippen LogP contribution in [0.5, 0.6) is 5.75 Å². The van der Waals surface area contributed by atoms with Crippen molar-refractivity contribution < 1.29 is 26.7 Å². The molecule has 32 heavy (non-hydrogen) atoms. The second kappa shape index (κ2) is 10.8. The van der Waals surface area contributed by atoms with Crippen LogP contribution in [-0.2, 0) is 21.2 Å². The zero-order valence-electron chi connectivity index (χ0n) is 16.9. The average Bonchev–Trinajstić information content (AvgIpc) is 2.76. The Morgan fingerprint density at radius 3 is 2.53 bits per heavy atom. The zero-order chi connectivity index (χ0) is 23.0. The van der Waals surface area contributed by atoms with Crippen LogP contribution in [0.1, 0.15) is 17.5 Å². The highest BCUT2D eigenvalue weighted by Gasteiger charge is 2.15. The number of nitrogens with one attached hydrogen (secondary N) is 2. The molecule has 1 amide bonds. The van der Waals surface area contributed by atoms with Crippen molar-refractivity contribution >= 4 is 21.6 Å². The van der Waals surface area contributed by atoms with E-state index in [2.05, 4.69) is 19.8 Å². The van der Waals surface area contributed by atoms with Crippen LogP contribution in [0.2, 0.25) is 0 Å². The molecule has 0 fully saturated rings. The Morgan fingerprint density at radius 1 is 1.06 bits per heavy atom. The third-order valence-corrected chi connectivity index (χ3v) is 5.83. The van der Waals surface area contributed by atoms with Crippen LogP contribution in [-0.4, -0.2) is 32.5 Å². The highest BCUT2D eigenvalue weighted by atomic mass is 32.2. The molecule has 3 rings (SSSR count). The molecular formula is C22H21F2N3O4S. The second-order valence-corrected chi connectivity index (χ2v) is 8.52. The summed E-state index contributed by atoms with van der Waals surface area (Å²) in [4.78, 5) is 16.0. The third kappa shape index (κ3) is 6.82.